The molecule has 0 atom stereocenters. The second-order valence-corrected chi connectivity index (χ2v) is 6.24. The van der Waals surface area contributed by atoms with E-state index < -0.39 is 4.92 Å². The minimum absolute atomic E-state index is 0.0689. The molecule has 1 N–H and O–H groups in total. The number of anilines is 1. The van der Waals surface area contributed by atoms with Crippen LogP contribution in [0.5, 0.6) is 0 Å². The highest BCUT2D eigenvalue weighted by Gasteiger charge is 2.16. The van der Waals surface area contributed by atoms with Crippen LogP contribution in [0.2, 0.25) is 0 Å². The lowest BCUT2D eigenvalue weighted by molar-refractivity contribution is -0.384. The molecule has 24 heavy (non-hydrogen) atoms. The summed E-state index contributed by atoms with van der Waals surface area (Å²) >= 11 is 0. The van der Waals surface area contributed by atoms with Crippen LogP contribution in [0.25, 0.3) is 22.4 Å². The number of nitrogens with one attached hydrogen (secondary N) is 1. The number of nitro groups is 1. The van der Waals surface area contributed by atoms with Crippen molar-refractivity contribution in [2.24, 2.45) is 0 Å². The number of nitro benzene ring substituents is 1. The molecule has 0 saturated carbocycles. The lowest BCUT2D eigenvalue weighted by Gasteiger charge is -2.20. The van der Waals surface area contributed by atoms with Crippen LogP contribution in [0.3, 0.4) is 0 Å². The van der Waals surface area contributed by atoms with Crippen LogP contribution in [0.4, 0.5) is 11.4 Å². The fourth-order valence-electron chi connectivity index (χ4n) is 3.30. The van der Waals surface area contributed by atoms with E-state index in [4.69, 9.17) is 0 Å². The van der Waals surface area contributed by atoms with Gasteiger partial charge in [-0.15, -0.1) is 0 Å². The highest BCUT2D eigenvalue weighted by molar-refractivity contribution is 5.82. The number of hydrogen-bond acceptors (Lipinski definition) is 4. The van der Waals surface area contributed by atoms with E-state index >= 15 is 0 Å². The number of H-pyrrole nitrogens is 1. The van der Waals surface area contributed by atoms with E-state index in [0.29, 0.717) is 5.52 Å². The predicted molar refractivity (Wildman–Crippen MR) is 94.4 cm³/mol. The van der Waals surface area contributed by atoms with Crippen molar-refractivity contribution in [3.05, 3.63) is 52.1 Å². The zero-order valence-corrected chi connectivity index (χ0v) is 13.5. The number of hydrogen-bond donors (Lipinski definition) is 1. The summed E-state index contributed by atoms with van der Waals surface area (Å²) in [4.78, 5) is 20.7. The van der Waals surface area contributed by atoms with Crippen molar-refractivity contribution in [2.75, 3.05) is 18.0 Å². The molecule has 1 fully saturated rings. The molecule has 0 aliphatic carbocycles. The Morgan fingerprint density at radius 2 is 1.96 bits per heavy atom. The van der Waals surface area contributed by atoms with E-state index in [9.17, 15) is 10.1 Å². The second-order valence-electron chi connectivity index (χ2n) is 6.24. The highest BCUT2D eigenvalue weighted by atomic mass is 16.6. The number of aromatic nitrogens is 2. The molecule has 0 unspecified atom stereocenters. The Morgan fingerprint density at radius 1 is 1.17 bits per heavy atom. The Labute approximate surface area is 139 Å². The van der Waals surface area contributed by atoms with Gasteiger partial charge in [-0.1, -0.05) is 12.1 Å². The molecule has 0 amide bonds. The molecule has 2 aromatic carbocycles. The van der Waals surface area contributed by atoms with E-state index in [1.165, 1.54) is 36.2 Å². The lowest BCUT2D eigenvalue weighted by Crippen LogP contribution is -2.18. The molecule has 4 rings (SSSR count). The van der Waals surface area contributed by atoms with Crippen molar-refractivity contribution >= 4 is 22.4 Å². The van der Waals surface area contributed by atoms with Crippen molar-refractivity contribution < 1.29 is 4.92 Å². The molecular weight excluding hydrogens is 304 g/mol. The Hall–Kier alpha value is -2.89. The molecule has 0 bridgehead atoms. The molecular formula is C18H18N4O2. The molecule has 1 aliphatic rings. The summed E-state index contributed by atoms with van der Waals surface area (Å²) in [6, 6.07) is 11.0. The van der Waals surface area contributed by atoms with Crippen molar-refractivity contribution in [2.45, 2.75) is 19.8 Å². The maximum Gasteiger partial charge on any atom is 0.271 e. The van der Waals surface area contributed by atoms with Gasteiger partial charge in [0.15, 0.2) is 0 Å². The Morgan fingerprint density at radius 3 is 2.71 bits per heavy atom. The molecule has 6 heteroatoms. The van der Waals surface area contributed by atoms with Gasteiger partial charge in [0.2, 0.25) is 0 Å². The van der Waals surface area contributed by atoms with Crippen LogP contribution >= 0.6 is 0 Å². The molecule has 6 nitrogen and oxygen atoms in total. The largest absolute Gasteiger partial charge is 0.371 e. The van der Waals surface area contributed by atoms with E-state index in [1.54, 1.807) is 6.07 Å². The highest BCUT2D eigenvalue weighted by Crippen LogP contribution is 2.30. The summed E-state index contributed by atoms with van der Waals surface area (Å²) in [7, 11) is 0. The predicted octanol–water partition coefficient (Wildman–Crippen LogP) is 4.05. The Kier molecular flexibility index (Phi) is 3.45. The standard InChI is InChI=1S/C18H18N4O2/c1-12-4-5-13(10-17(12)21-8-2-3-9-21)18-19-15-7-6-14(22(23)24)11-16(15)20-18/h4-7,10-11H,2-3,8-9H2,1H3,(H,19,20). The van der Waals surface area contributed by atoms with E-state index in [0.717, 1.165) is 30.0 Å². The van der Waals surface area contributed by atoms with Crippen molar-refractivity contribution in [3.8, 4) is 11.4 Å². The van der Waals surface area contributed by atoms with Crippen LogP contribution in [0, 0.1) is 17.0 Å². The van der Waals surface area contributed by atoms with E-state index in [2.05, 4.69) is 33.9 Å². The number of imidazole rings is 1. The monoisotopic (exact) mass is 322 g/mol. The van der Waals surface area contributed by atoms with Crippen molar-refractivity contribution in [1.82, 2.24) is 9.97 Å². The fourth-order valence-corrected chi connectivity index (χ4v) is 3.30. The normalized spacial score (nSPS) is 14.5. The van der Waals surface area contributed by atoms with E-state index in [1.807, 2.05) is 6.07 Å². The lowest BCUT2D eigenvalue weighted by atomic mass is 10.1. The van der Waals surface area contributed by atoms with Gasteiger partial charge in [0.25, 0.3) is 5.69 Å². The molecule has 0 radical (unpaired) electrons. The van der Waals surface area contributed by atoms with E-state index in [-0.39, 0.29) is 5.69 Å². The van der Waals surface area contributed by atoms with Crippen LogP contribution in [-0.2, 0) is 0 Å². The maximum absolute atomic E-state index is 10.9. The second kappa shape index (κ2) is 5.63. The molecule has 2 heterocycles. The quantitative estimate of drug-likeness (QED) is 0.583. The zero-order chi connectivity index (χ0) is 16.7. The maximum atomic E-state index is 10.9. The molecule has 1 saturated heterocycles. The number of aromatic amines is 1. The first-order valence-corrected chi connectivity index (χ1v) is 8.12. The number of aryl methyl sites for hydroxylation is 1. The van der Waals surface area contributed by atoms with Gasteiger partial charge in [-0.2, -0.15) is 0 Å². The van der Waals surface area contributed by atoms with Gasteiger partial charge in [0.05, 0.1) is 16.0 Å². The molecule has 0 spiro atoms. The van der Waals surface area contributed by atoms with Crippen molar-refractivity contribution in [1.29, 1.82) is 0 Å². The van der Waals surface area contributed by atoms with Crippen molar-refractivity contribution in [3.63, 3.8) is 0 Å². The number of nitrogens with zero attached hydrogens (tertiary/aromatic N) is 3. The number of rotatable bonds is 3. The summed E-state index contributed by atoms with van der Waals surface area (Å²) in [5.74, 6) is 0.742. The van der Waals surface area contributed by atoms with Crippen LogP contribution in [0.1, 0.15) is 18.4 Å². The molecule has 1 aromatic heterocycles. The summed E-state index contributed by atoms with van der Waals surface area (Å²) in [5, 5.41) is 10.9. The minimum atomic E-state index is -0.392. The molecule has 3 aromatic rings. The van der Waals surface area contributed by atoms with Gasteiger partial charge in [-0.25, -0.2) is 4.98 Å². The SMILES string of the molecule is Cc1ccc(-c2nc3ccc([N+](=O)[O-])cc3[nH]2)cc1N1CCCC1. The third kappa shape index (κ3) is 2.50. The average Bonchev–Trinajstić information content (AvgIpc) is 3.24. The topological polar surface area (TPSA) is 75.1 Å². The van der Waals surface area contributed by atoms with Gasteiger partial charge < -0.3 is 9.88 Å². The van der Waals surface area contributed by atoms with Crippen LogP contribution in [0.15, 0.2) is 36.4 Å². The zero-order valence-electron chi connectivity index (χ0n) is 13.5. The first kappa shape index (κ1) is 14.7. The van der Waals surface area contributed by atoms with Gasteiger partial charge in [0.1, 0.15) is 5.82 Å². The molecule has 122 valence electrons. The average molecular weight is 322 g/mol. The Bertz CT molecular complexity index is 926. The van der Waals surface area contributed by atoms with Crippen LogP contribution in [-0.4, -0.2) is 28.0 Å². The van der Waals surface area contributed by atoms with Gasteiger partial charge in [0, 0.05) is 36.5 Å². The summed E-state index contributed by atoms with van der Waals surface area (Å²) in [6.07, 6.45) is 2.47. The third-order valence-corrected chi connectivity index (χ3v) is 4.61. The number of benzene rings is 2. The summed E-state index contributed by atoms with van der Waals surface area (Å²) < 4.78 is 0. The first-order valence-electron chi connectivity index (χ1n) is 8.12. The van der Waals surface area contributed by atoms with Gasteiger partial charge in [-0.05, 0) is 37.5 Å². The Balaban J connectivity index is 1.76. The number of fused-ring (bicyclic) bond motifs is 1. The first-order chi connectivity index (χ1) is 11.6. The third-order valence-electron chi connectivity index (χ3n) is 4.61. The number of non-ortho nitro benzene ring substituents is 1. The fraction of sp³-hybridized carbons (Fsp3) is 0.278. The van der Waals surface area contributed by atoms with Gasteiger partial charge in [-0.3, -0.25) is 10.1 Å². The smallest absolute Gasteiger partial charge is 0.271 e. The summed E-state index contributed by atoms with van der Waals surface area (Å²) in [6.45, 7) is 4.31. The van der Waals surface area contributed by atoms with Gasteiger partial charge >= 0.3 is 0 Å². The summed E-state index contributed by atoms with van der Waals surface area (Å²) in [5.41, 5.74) is 4.99. The molecule has 1 aliphatic heterocycles. The minimum Gasteiger partial charge on any atom is -0.371 e. The van der Waals surface area contributed by atoms with Crippen LogP contribution < -0.4 is 4.90 Å².